The summed E-state index contributed by atoms with van der Waals surface area (Å²) in [5.41, 5.74) is 7.82. The van der Waals surface area contributed by atoms with Gasteiger partial charge in [0.15, 0.2) is 5.78 Å². The van der Waals surface area contributed by atoms with Gasteiger partial charge in [0, 0.05) is 15.6 Å². The van der Waals surface area contributed by atoms with E-state index in [2.05, 4.69) is 31.0 Å². The van der Waals surface area contributed by atoms with E-state index in [9.17, 15) is 9.59 Å². The first-order valence-electron chi connectivity index (χ1n) is 8.09. The lowest BCUT2D eigenvalue weighted by Gasteiger charge is -2.13. The summed E-state index contributed by atoms with van der Waals surface area (Å²) in [5.74, 6) is -1.17. The minimum atomic E-state index is -1.07. The van der Waals surface area contributed by atoms with E-state index in [1.54, 1.807) is 0 Å². The van der Waals surface area contributed by atoms with Crippen LogP contribution in [-0.4, -0.2) is 36.4 Å². The first-order chi connectivity index (χ1) is 13.5. The Morgan fingerprint density at radius 2 is 1.64 bits per heavy atom. The Labute approximate surface area is 166 Å². The fraction of sp³-hybridized carbons (Fsp3) is 0. The van der Waals surface area contributed by atoms with Gasteiger partial charge in [-0.15, -0.1) is 0 Å². The highest BCUT2D eigenvalue weighted by Gasteiger charge is 2.24. The Bertz CT molecular complexity index is 1220. The maximum absolute atomic E-state index is 13.2. The van der Waals surface area contributed by atoms with E-state index in [-0.39, 0.29) is 28.3 Å². The lowest BCUT2D eigenvalue weighted by atomic mass is 9.97. The molecule has 138 valence electrons. The Kier molecular flexibility index (Phi) is 4.36. The third kappa shape index (κ3) is 3.01. The topological polar surface area (TPSA) is 123 Å². The summed E-state index contributed by atoms with van der Waals surface area (Å²) in [7, 11) is 0. The van der Waals surface area contributed by atoms with Gasteiger partial charge in [-0.25, -0.2) is 4.79 Å². The molecule has 2 aromatic carbocycles. The van der Waals surface area contributed by atoms with Crippen LogP contribution in [0, 0.1) is 0 Å². The Balaban J connectivity index is 1.94. The van der Waals surface area contributed by atoms with E-state index in [4.69, 9.17) is 10.8 Å². The third-order valence-corrected chi connectivity index (χ3v) is 4.72. The smallest absolute Gasteiger partial charge is 0.335 e. The highest BCUT2D eigenvalue weighted by Crippen LogP contribution is 2.30. The molecule has 0 aliphatic carbocycles. The maximum Gasteiger partial charge on any atom is 0.335 e. The number of carbonyl (C=O) groups excluding carboxylic acids is 1. The number of nitrogen functional groups attached to an aromatic ring is 1. The summed E-state index contributed by atoms with van der Waals surface area (Å²) in [6.45, 7) is 0. The Hall–Kier alpha value is -3.59. The lowest BCUT2D eigenvalue weighted by molar-refractivity contribution is 0.0696. The minimum absolute atomic E-state index is 0.0192. The number of carboxylic acid groups (broad SMARTS) is 1. The first kappa shape index (κ1) is 17.8. The van der Waals surface area contributed by atoms with Crippen LogP contribution < -0.4 is 5.73 Å². The number of anilines is 1. The van der Waals surface area contributed by atoms with Crippen molar-refractivity contribution in [3.63, 3.8) is 0 Å². The summed E-state index contributed by atoms with van der Waals surface area (Å²) in [6, 6.07) is 13.0. The zero-order chi connectivity index (χ0) is 19.8. The number of carbonyl (C=O) groups is 2. The summed E-state index contributed by atoms with van der Waals surface area (Å²) >= 11 is 3.39. The maximum atomic E-state index is 13.2. The highest BCUT2D eigenvalue weighted by molar-refractivity contribution is 9.10. The van der Waals surface area contributed by atoms with E-state index < -0.39 is 11.8 Å². The van der Waals surface area contributed by atoms with Crippen molar-refractivity contribution in [2.45, 2.75) is 0 Å². The molecule has 0 spiro atoms. The number of benzene rings is 2. The number of rotatable bonds is 4. The number of nitrogens with zero attached hydrogens (tertiary/aromatic N) is 4. The average molecular weight is 438 g/mol. The molecule has 0 radical (unpaired) electrons. The molecule has 0 aliphatic rings. The number of aromatic carboxylic acids is 1. The molecular formula is C19H12BrN5O3. The molecule has 0 atom stereocenters. The number of fused-ring (bicyclic) bond motifs is 1. The van der Waals surface area contributed by atoms with Gasteiger partial charge < -0.3 is 10.8 Å². The molecule has 0 bridgehead atoms. The van der Waals surface area contributed by atoms with Crippen LogP contribution in [0.2, 0.25) is 0 Å². The van der Waals surface area contributed by atoms with Crippen LogP contribution in [0.5, 0.6) is 0 Å². The molecule has 28 heavy (non-hydrogen) atoms. The molecule has 4 rings (SSSR count). The second-order valence-electron chi connectivity index (χ2n) is 5.91. The number of nitrogens with two attached hydrogens (primary N) is 1. The van der Waals surface area contributed by atoms with Crippen molar-refractivity contribution in [1.82, 2.24) is 19.6 Å². The zero-order valence-corrected chi connectivity index (χ0v) is 15.8. The number of carboxylic acids is 1. The van der Waals surface area contributed by atoms with E-state index in [0.717, 1.165) is 4.47 Å². The standard InChI is InChI=1S/C19H12BrN5O3/c20-13-7-5-10(6-8-13)15-14(17(21)24-19-22-9-23-25(15)19)16(26)11-1-3-12(4-2-11)18(27)28/h1-9H,(H,27,28)(H2,21,22,23,24). The van der Waals surface area contributed by atoms with Gasteiger partial charge >= 0.3 is 5.97 Å². The van der Waals surface area contributed by atoms with Crippen molar-refractivity contribution in [2.24, 2.45) is 0 Å². The van der Waals surface area contributed by atoms with Gasteiger partial charge in [0.05, 0.1) is 16.8 Å². The predicted molar refractivity (Wildman–Crippen MR) is 105 cm³/mol. The van der Waals surface area contributed by atoms with Crippen LogP contribution in [0.4, 0.5) is 5.82 Å². The van der Waals surface area contributed by atoms with Crippen molar-refractivity contribution in [3.8, 4) is 11.3 Å². The van der Waals surface area contributed by atoms with Crippen LogP contribution in [0.1, 0.15) is 26.3 Å². The van der Waals surface area contributed by atoms with Crippen molar-refractivity contribution in [1.29, 1.82) is 0 Å². The molecule has 0 amide bonds. The SMILES string of the molecule is Nc1nc2ncnn2c(-c2ccc(Br)cc2)c1C(=O)c1ccc(C(=O)O)cc1. The fourth-order valence-electron chi connectivity index (χ4n) is 2.87. The second kappa shape index (κ2) is 6.86. The molecule has 0 unspecified atom stereocenters. The van der Waals surface area contributed by atoms with Crippen LogP contribution in [-0.2, 0) is 0 Å². The molecular weight excluding hydrogens is 426 g/mol. The second-order valence-corrected chi connectivity index (χ2v) is 6.83. The van der Waals surface area contributed by atoms with Gasteiger partial charge in [-0.3, -0.25) is 4.79 Å². The summed E-state index contributed by atoms with van der Waals surface area (Å²) < 4.78 is 2.34. The summed E-state index contributed by atoms with van der Waals surface area (Å²) in [4.78, 5) is 32.5. The van der Waals surface area contributed by atoms with Gasteiger partial charge in [0.2, 0.25) is 0 Å². The lowest BCUT2D eigenvalue weighted by Crippen LogP contribution is -2.14. The number of hydrogen-bond donors (Lipinski definition) is 2. The highest BCUT2D eigenvalue weighted by atomic mass is 79.9. The predicted octanol–water partition coefficient (Wildman–Crippen LogP) is 3.07. The van der Waals surface area contributed by atoms with Crippen molar-refractivity contribution in [3.05, 3.63) is 76.0 Å². The fourth-order valence-corrected chi connectivity index (χ4v) is 3.13. The van der Waals surface area contributed by atoms with Gasteiger partial charge in [-0.2, -0.15) is 19.6 Å². The molecule has 0 saturated heterocycles. The summed E-state index contributed by atoms with van der Waals surface area (Å²) in [5, 5.41) is 13.2. The summed E-state index contributed by atoms with van der Waals surface area (Å²) in [6.07, 6.45) is 1.33. The molecule has 8 nitrogen and oxygen atoms in total. The normalized spacial score (nSPS) is 10.9. The Morgan fingerprint density at radius 3 is 2.29 bits per heavy atom. The third-order valence-electron chi connectivity index (χ3n) is 4.19. The molecule has 0 aliphatic heterocycles. The number of hydrogen-bond acceptors (Lipinski definition) is 6. The molecule has 2 heterocycles. The van der Waals surface area contributed by atoms with Crippen molar-refractivity contribution in [2.75, 3.05) is 5.73 Å². The Morgan fingerprint density at radius 1 is 1.00 bits per heavy atom. The first-order valence-corrected chi connectivity index (χ1v) is 8.88. The number of ketones is 1. The van der Waals surface area contributed by atoms with Crippen LogP contribution >= 0.6 is 15.9 Å². The van der Waals surface area contributed by atoms with Crippen LogP contribution in [0.25, 0.3) is 17.0 Å². The molecule has 3 N–H and O–H groups in total. The average Bonchev–Trinajstić information content (AvgIpc) is 3.15. The van der Waals surface area contributed by atoms with E-state index in [0.29, 0.717) is 11.3 Å². The number of halogens is 1. The zero-order valence-electron chi connectivity index (χ0n) is 14.2. The van der Waals surface area contributed by atoms with Crippen LogP contribution in [0.15, 0.2) is 59.3 Å². The molecule has 0 saturated carbocycles. The molecule has 9 heteroatoms. The van der Waals surface area contributed by atoms with Gasteiger partial charge in [-0.05, 0) is 24.3 Å². The van der Waals surface area contributed by atoms with Gasteiger partial charge in [-0.1, -0.05) is 40.2 Å². The largest absolute Gasteiger partial charge is 0.478 e. The number of aromatic nitrogens is 4. The molecule has 2 aromatic heterocycles. The van der Waals surface area contributed by atoms with E-state index in [1.165, 1.54) is 35.1 Å². The van der Waals surface area contributed by atoms with Gasteiger partial charge in [0.1, 0.15) is 12.1 Å². The van der Waals surface area contributed by atoms with Crippen molar-refractivity contribution >= 4 is 39.3 Å². The molecule has 0 fully saturated rings. The minimum Gasteiger partial charge on any atom is -0.478 e. The van der Waals surface area contributed by atoms with Gasteiger partial charge in [0.25, 0.3) is 5.78 Å². The van der Waals surface area contributed by atoms with Crippen molar-refractivity contribution < 1.29 is 14.7 Å². The van der Waals surface area contributed by atoms with E-state index in [1.807, 2.05) is 24.3 Å². The monoisotopic (exact) mass is 437 g/mol. The molecule has 4 aromatic rings. The van der Waals surface area contributed by atoms with E-state index >= 15 is 0 Å². The quantitative estimate of drug-likeness (QED) is 0.470. The van der Waals surface area contributed by atoms with Crippen LogP contribution in [0.3, 0.4) is 0 Å².